The highest BCUT2D eigenvalue weighted by Gasteiger charge is 2.14. The van der Waals surface area contributed by atoms with Gasteiger partial charge in [-0.3, -0.25) is 0 Å². The van der Waals surface area contributed by atoms with E-state index in [9.17, 15) is 8.78 Å². The highest BCUT2D eigenvalue weighted by atomic mass is 19.1. The maximum Gasteiger partial charge on any atom is 0.137 e. The monoisotopic (exact) mass is 259 g/mol. The van der Waals surface area contributed by atoms with Crippen LogP contribution in [0.4, 0.5) is 8.78 Å². The van der Waals surface area contributed by atoms with Gasteiger partial charge in [-0.1, -0.05) is 12.1 Å². The van der Waals surface area contributed by atoms with Gasteiger partial charge < -0.3 is 10.1 Å². The number of imidazole rings is 1. The summed E-state index contributed by atoms with van der Waals surface area (Å²) in [5, 5.41) is 0. The Kier molecular flexibility index (Phi) is 2.76. The maximum atomic E-state index is 13.7. The third kappa shape index (κ3) is 1.98. The number of nitrogens with two attached hydrogens (primary N) is 1. The van der Waals surface area contributed by atoms with Crippen molar-refractivity contribution in [2.75, 3.05) is 0 Å². The van der Waals surface area contributed by atoms with Crippen LogP contribution in [0.5, 0.6) is 0 Å². The van der Waals surface area contributed by atoms with Crippen molar-refractivity contribution in [2.24, 2.45) is 5.73 Å². The predicted octanol–water partition coefficient (Wildman–Crippen LogP) is 2.74. The summed E-state index contributed by atoms with van der Waals surface area (Å²) in [6, 6.07) is 7.37. The zero-order valence-corrected chi connectivity index (χ0v) is 9.98. The Morgan fingerprint density at radius 1 is 1.05 bits per heavy atom. The molecule has 0 aliphatic carbocycles. The van der Waals surface area contributed by atoms with Gasteiger partial charge in [-0.15, -0.1) is 0 Å². The summed E-state index contributed by atoms with van der Waals surface area (Å²) in [6.45, 7) is 0.400. The molecule has 19 heavy (non-hydrogen) atoms. The highest BCUT2D eigenvalue weighted by molar-refractivity contribution is 5.64. The van der Waals surface area contributed by atoms with Gasteiger partial charge in [0.05, 0.1) is 11.3 Å². The molecule has 2 N–H and O–H groups in total. The summed E-state index contributed by atoms with van der Waals surface area (Å²) in [4.78, 5) is 4.22. The fourth-order valence-electron chi connectivity index (χ4n) is 2.02. The van der Waals surface area contributed by atoms with Crippen LogP contribution in [0, 0.1) is 11.6 Å². The fourth-order valence-corrected chi connectivity index (χ4v) is 2.02. The molecule has 0 spiro atoms. The van der Waals surface area contributed by atoms with Gasteiger partial charge in [0, 0.05) is 18.9 Å². The van der Waals surface area contributed by atoms with Gasteiger partial charge >= 0.3 is 0 Å². The largest absolute Gasteiger partial charge is 0.326 e. The molecule has 0 aliphatic rings. The second kappa shape index (κ2) is 4.44. The average molecular weight is 259 g/mol. The van der Waals surface area contributed by atoms with Crippen molar-refractivity contribution >= 4 is 5.65 Å². The normalized spacial score (nSPS) is 11.1. The van der Waals surface area contributed by atoms with Crippen molar-refractivity contribution in [3.8, 4) is 11.3 Å². The van der Waals surface area contributed by atoms with Crippen molar-refractivity contribution in [3.05, 3.63) is 59.9 Å². The molecule has 0 unspecified atom stereocenters. The van der Waals surface area contributed by atoms with Crippen molar-refractivity contribution in [3.63, 3.8) is 0 Å². The van der Waals surface area contributed by atoms with Crippen molar-refractivity contribution in [1.82, 2.24) is 9.38 Å². The van der Waals surface area contributed by atoms with Crippen LogP contribution >= 0.6 is 0 Å². The van der Waals surface area contributed by atoms with E-state index in [0.29, 0.717) is 12.2 Å². The lowest BCUT2D eigenvalue weighted by molar-refractivity contribution is 0.589. The van der Waals surface area contributed by atoms with Crippen LogP contribution in [0.3, 0.4) is 0 Å². The molecule has 0 fully saturated rings. The van der Waals surface area contributed by atoms with E-state index in [1.807, 2.05) is 6.07 Å². The zero-order valence-electron chi connectivity index (χ0n) is 9.98. The van der Waals surface area contributed by atoms with Crippen LogP contribution in [-0.2, 0) is 6.54 Å². The Labute approximate surface area is 108 Å². The van der Waals surface area contributed by atoms with E-state index in [4.69, 9.17) is 5.73 Å². The first-order chi connectivity index (χ1) is 9.19. The number of rotatable bonds is 2. The molecule has 3 aromatic rings. The molecule has 0 bridgehead atoms. The molecule has 3 rings (SSSR count). The third-order valence-electron chi connectivity index (χ3n) is 2.97. The Morgan fingerprint density at radius 3 is 2.47 bits per heavy atom. The SMILES string of the molecule is NCc1ccc2nc(-c3c(F)cccc3F)cn2c1. The van der Waals surface area contributed by atoms with Gasteiger partial charge in [0.15, 0.2) is 0 Å². The lowest BCUT2D eigenvalue weighted by Gasteiger charge is -1.99. The molecule has 0 atom stereocenters. The Hall–Kier alpha value is -2.27. The van der Waals surface area contributed by atoms with E-state index in [-0.39, 0.29) is 11.3 Å². The standard InChI is InChI=1S/C14H11F2N3/c15-10-2-1-3-11(16)14(10)12-8-19-7-9(6-17)4-5-13(19)18-12/h1-5,7-8H,6,17H2. The minimum absolute atomic E-state index is 0.111. The van der Waals surface area contributed by atoms with E-state index in [1.54, 1.807) is 22.9 Å². The Balaban J connectivity index is 2.21. The van der Waals surface area contributed by atoms with Gasteiger partial charge in [0.1, 0.15) is 17.3 Å². The molecule has 96 valence electrons. The second-order valence-corrected chi connectivity index (χ2v) is 4.23. The van der Waals surface area contributed by atoms with E-state index in [1.165, 1.54) is 18.2 Å². The van der Waals surface area contributed by atoms with Crippen LogP contribution < -0.4 is 5.73 Å². The van der Waals surface area contributed by atoms with Gasteiger partial charge in [0.2, 0.25) is 0 Å². The average Bonchev–Trinajstić information content (AvgIpc) is 2.80. The molecule has 2 heterocycles. The highest BCUT2D eigenvalue weighted by Crippen LogP contribution is 2.25. The fraction of sp³-hybridized carbons (Fsp3) is 0.0714. The second-order valence-electron chi connectivity index (χ2n) is 4.23. The summed E-state index contributed by atoms with van der Waals surface area (Å²) in [6.07, 6.45) is 3.39. The molecule has 0 saturated carbocycles. The summed E-state index contributed by atoms with van der Waals surface area (Å²) < 4.78 is 29.1. The molecule has 0 radical (unpaired) electrons. The van der Waals surface area contributed by atoms with E-state index in [0.717, 1.165) is 5.56 Å². The molecular formula is C14H11F2N3. The molecule has 5 heteroatoms. The molecule has 2 aromatic heterocycles. The van der Waals surface area contributed by atoms with E-state index >= 15 is 0 Å². The first kappa shape index (κ1) is 11.8. The quantitative estimate of drug-likeness (QED) is 0.769. The molecule has 1 aromatic carbocycles. The summed E-state index contributed by atoms with van der Waals surface area (Å²) in [7, 11) is 0. The van der Waals surface area contributed by atoms with Crippen LogP contribution in [0.15, 0.2) is 42.7 Å². The van der Waals surface area contributed by atoms with Gasteiger partial charge in [-0.05, 0) is 23.8 Å². The number of hydrogen-bond acceptors (Lipinski definition) is 2. The smallest absolute Gasteiger partial charge is 0.137 e. The van der Waals surface area contributed by atoms with E-state index in [2.05, 4.69) is 4.98 Å². The van der Waals surface area contributed by atoms with Crippen molar-refractivity contribution < 1.29 is 8.78 Å². The van der Waals surface area contributed by atoms with Crippen molar-refractivity contribution in [1.29, 1.82) is 0 Å². The maximum absolute atomic E-state index is 13.7. The topological polar surface area (TPSA) is 43.3 Å². The van der Waals surface area contributed by atoms with Crippen molar-refractivity contribution in [2.45, 2.75) is 6.54 Å². The van der Waals surface area contributed by atoms with Crippen LogP contribution in [0.25, 0.3) is 16.9 Å². The minimum atomic E-state index is -0.623. The zero-order chi connectivity index (χ0) is 13.4. The lowest BCUT2D eigenvalue weighted by Crippen LogP contribution is -1.97. The van der Waals surface area contributed by atoms with Crippen LogP contribution in [0.2, 0.25) is 0 Å². The number of pyridine rings is 1. The lowest BCUT2D eigenvalue weighted by atomic mass is 10.1. The molecular weight excluding hydrogens is 248 g/mol. The molecule has 0 saturated heterocycles. The number of aromatic nitrogens is 2. The van der Waals surface area contributed by atoms with Crippen LogP contribution in [-0.4, -0.2) is 9.38 Å². The summed E-state index contributed by atoms with van der Waals surface area (Å²) >= 11 is 0. The number of nitrogens with zero attached hydrogens (tertiary/aromatic N) is 2. The first-order valence-corrected chi connectivity index (χ1v) is 5.81. The van der Waals surface area contributed by atoms with Gasteiger partial charge in [-0.2, -0.15) is 0 Å². The van der Waals surface area contributed by atoms with Gasteiger partial charge in [0.25, 0.3) is 0 Å². The minimum Gasteiger partial charge on any atom is -0.326 e. The van der Waals surface area contributed by atoms with Gasteiger partial charge in [-0.25, -0.2) is 13.8 Å². The summed E-state index contributed by atoms with van der Waals surface area (Å²) in [5.41, 5.74) is 7.25. The number of halogens is 2. The number of fused-ring (bicyclic) bond motifs is 1. The van der Waals surface area contributed by atoms with Crippen LogP contribution in [0.1, 0.15) is 5.56 Å². The Morgan fingerprint density at radius 2 is 1.79 bits per heavy atom. The van der Waals surface area contributed by atoms with E-state index < -0.39 is 11.6 Å². The molecule has 0 amide bonds. The molecule has 0 aliphatic heterocycles. The molecule has 3 nitrogen and oxygen atoms in total. The Bertz CT molecular complexity index is 729. The third-order valence-corrected chi connectivity index (χ3v) is 2.97. The number of hydrogen-bond donors (Lipinski definition) is 1. The first-order valence-electron chi connectivity index (χ1n) is 5.81. The predicted molar refractivity (Wildman–Crippen MR) is 68.4 cm³/mol. The summed E-state index contributed by atoms with van der Waals surface area (Å²) in [5.74, 6) is -1.25. The number of benzene rings is 1.